The summed E-state index contributed by atoms with van der Waals surface area (Å²) in [7, 11) is 0. The van der Waals surface area contributed by atoms with E-state index >= 15 is 0 Å². The van der Waals surface area contributed by atoms with Gasteiger partial charge in [-0.15, -0.1) is 5.10 Å². The lowest BCUT2D eigenvalue weighted by molar-refractivity contribution is 0.0683. The third kappa shape index (κ3) is 4.34. The molecule has 9 nitrogen and oxygen atoms in total. The van der Waals surface area contributed by atoms with Crippen molar-refractivity contribution in [2.24, 2.45) is 0 Å². The van der Waals surface area contributed by atoms with E-state index in [0.29, 0.717) is 31.6 Å². The molecule has 2 aromatic heterocycles. The molecule has 0 bridgehead atoms. The largest absolute Gasteiger partial charge is 0.477 e. The van der Waals surface area contributed by atoms with Crippen molar-refractivity contribution in [1.82, 2.24) is 29.3 Å². The van der Waals surface area contributed by atoms with Gasteiger partial charge in [-0.1, -0.05) is 62.7 Å². The number of benzene rings is 2. The maximum absolute atomic E-state index is 13.1. The van der Waals surface area contributed by atoms with E-state index in [2.05, 4.69) is 15.5 Å². The SMILES string of the molecule is CCCc1c(C(=O)O)n(CCC)c(=O)n1Cc1ccc(-c2ccccc2-n2cnnn2)cc1. The smallest absolute Gasteiger partial charge is 0.354 e. The molecule has 0 atom stereocenters. The van der Waals surface area contributed by atoms with Gasteiger partial charge >= 0.3 is 11.7 Å². The van der Waals surface area contributed by atoms with E-state index in [1.54, 1.807) is 15.6 Å². The first-order chi connectivity index (χ1) is 16.0. The first-order valence-electron chi connectivity index (χ1n) is 11.0. The molecule has 0 aliphatic rings. The fraction of sp³-hybridized carbons (Fsp3) is 0.292. The molecule has 170 valence electrons. The second-order valence-corrected chi connectivity index (χ2v) is 7.84. The van der Waals surface area contributed by atoms with Crippen LogP contribution in [0.15, 0.2) is 59.7 Å². The van der Waals surface area contributed by atoms with Crippen LogP contribution >= 0.6 is 0 Å². The van der Waals surface area contributed by atoms with E-state index in [1.807, 2.05) is 62.4 Å². The minimum atomic E-state index is -1.06. The number of tetrazole rings is 1. The Bertz CT molecular complexity index is 1300. The molecule has 33 heavy (non-hydrogen) atoms. The van der Waals surface area contributed by atoms with Crippen LogP contribution in [-0.2, 0) is 19.5 Å². The number of imidazole rings is 1. The van der Waals surface area contributed by atoms with Crippen molar-refractivity contribution in [3.63, 3.8) is 0 Å². The lowest BCUT2D eigenvalue weighted by Gasteiger charge is -2.11. The Kier molecular flexibility index (Phi) is 6.48. The van der Waals surface area contributed by atoms with E-state index in [4.69, 9.17) is 0 Å². The van der Waals surface area contributed by atoms with Crippen molar-refractivity contribution >= 4 is 5.97 Å². The molecule has 0 radical (unpaired) electrons. The maximum atomic E-state index is 13.1. The number of carboxylic acids is 1. The highest BCUT2D eigenvalue weighted by molar-refractivity contribution is 5.87. The molecular weight excluding hydrogens is 420 g/mol. The van der Waals surface area contributed by atoms with E-state index < -0.39 is 5.97 Å². The Morgan fingerprint density at radius 1 is 1.00 bits per heavy atom. The summed E-state index contributed by atoms with van der Waals surface area (Å²) in [5, 5.41) is 21.2. The van der Waals surface area contributed by atoms with Gasteiger partial charge in [0.05, 0.1) is 17.9 Å². The Balaban J connectivity index is 1.70. The highest BCUT2D eigenvalue weighted by atomic mass is 16.4. The van der Waals surface area contributed by atoms with Gasteiger partial charge in [-0.3, -0.25) is 9.13 Å². The second-order valence-electron chi connectivity index (χ2n) is 7.84. The predicted octanol–water partition coefficient (Wildman–Crippen LogP) is 3.40. The van der Waals surface area contributed by atoms with Crippen molar-refractivity contribution in [3.8, 4) is 16.8 Å². The van der Waals surface area contributed by atoms with E-state index in [1.165, 1.54) is 4.57 Å². The molecule has 4 rings (SSSR count). The normalized spacial score (nSPS) is 11.1. The van der Waals surface area contributed by atoms with Crippen LogP contribution < -0.4 is 5.69 Å². The van der Waals surface area contributed by atoms with Crippen LogP contribution in [0.3, 0.4) is 0 Å². The van der Waals surface area contributed by atoms with Crippen LogP contribution in [0.1, 0.15) is 48.4 Å². The Labute approximate surface area is 190 Å². The summed E-state index contributed by atoms with van der Waals surface area (Å²) in [5.41, 5.74) is 4.16. The number of rotatable bonds is 9. The van der Waals surface area contributed by atoms with Gasteiger partial charge in [-0.25, -0.2) is 9.59 Å². The van der Waals surface area contributed by atoms with Crippen molar-refractivity contribution in [3.05, 3.63) is 82.3 Å². The lowest BCUT2D eigenvalue weighted by atomic mass is 10.0. The zero-order valence-corrected chi connectivity index (χ0v) is 18.7. The summed E-state index contributed by atoms with van der Waals surface area (Å²) in [4.78, 5) is 25.0. The summed E-state index contributed by atoms with van der Waals surface area (Å²) >= 11 is 0. The molecule has 0 aliphatic heterocycles. The van der Waals surface area contributed by atoms with Gasteiger partial charge in [0.2, 0.25) is 0 Å². The first-order valence-corrected chi connectivity index (χ1v) is 11.0. The van der Waals surface area contributed by atoms with Crippen molar-refractivity contribution in [2.75, 3.05) is 0 Å². The molecule has 0 aliphatic carbocycles. The topological polar surface area (TPSA) is 108 Å². The summed E-state index contributed by atoms with van der Waals surface area (Å²) in [6.45, 7) is 4.62. The molecule has 2 heterocycles. The molecule has 4 aromatic rings. The molecule has 0 spiro atoms. The Morgan fingerprint density at radius 2 is 1.76 bits per heavy atom. The summed E-state index contributed by atoms with van der Waals surface area (Å²) in [6.07, 6.45) is 3.52. The van der Waals surface area contributed by atoms with Crippen LogP contribution in [0.5, 0.6) is 0 Å². The zero-order chi connectivity index (χ0) is 23.4. The maximum Gasteiger partial charge on any atom is 0.354 e. The van der Waals surface area contributed by atoms with E-state index in [-0.39, 0.29) is 11.4 Å². The molecule has 0 saturated carbocycles. The van der Waals surface area contributed by atoms with Crippen molar-refractivity contribution < 1.29 is 9.90 Å². The number of aromatic nitrogens is 6. The molecule has 1 N–H and O–H groups in total. The van der Waals surface area contributed by atoms with Crippen LogP contribution in [0.2, 0.25) is 0 Å². The first kappa shape index (κ1) is 22.2. The minimum Gasteiger partial charge on any atom is -0.477 e. The van der Waals surface area contributed by atoms with Crippen molar-refractivity contribution in [2.45, 2.75) is 46.2 Å². The standard InChI is InChI=1S/C24H26N6O3/c1-3-7-21-22(23(31)32)28(14-4-2)24(33)29(21)15-17-10-12-18(13-11-17)19-8-5-6-9-20(19)30-16-25-26-27-30/h5-6,8-13,16H,3-4,7,14-15H2,1-2H3,(H,31,32). The number of carboxylic acid groups (broad SMARTS) is 1. The molecule has 2 aromatic carbocycles. The van der Waals surface area contributed by atoms with Crippen LogP contribution in [0.25, 0.3) is 16.8 Å². The summed E-state index contributed by atoms with van der Waals surface area (Å²) in [5.74, 6) is -1.06. The molecule has 0 fully saturated rings. The molecule has 0 amide bonds. The average Bonchev–Trinajstić information content (AvgIpc) is 3.44. The number of nitrogens with zero attached hydrogens (tertiary/aromatic N) is 6. The van der Waals surface area contributed by atoms with Crippen molar-refractivity contribution in [1.29, 1.82) is 0 Å². The van der Waals surface area contributed by atoms with Gasteiger partial charge in [-0.05, 0) is 40.5 Å². The fourth-order valence-electron chi connectivity index (χ4n) is 4.13. The minimum absolute atomic E-state index is 0.107. The van der Waals surface area contributed by atoms with E-state index in [0.717, 1.165) is 28.8 Å². The highest BCUT2D eigenvalue weighted by Crippen LogP contribution is 2.26. The number of hydrogen-bond acceptors (Lipinski definition) is 5. The van der Waals surface area contributed by atoms with E-state index in [9.17, 15) is 14.7 Å². The quantitative estimate of drug-likeness (QED) is 0.422. The molecular formula is C24H26N6O3. The van der Waals surface area contributed by atoms with Gasteiger partial charge in [0, 0.05) is 12.1 Å². The summed E-state index contributed by atoms with van der Waals surface area (Å²) < 4.78 is 4.61. The van der Waals surface area contributed by atoms with Crippen LogP contribution in [0.4, 0.5) is 0 Å². The van der Waals surface area contributed by atoms with Crippen LogP contribution in [-0.4, -0.2) is 40.4 Å². The van der Waals surface area contributed by atoms with Gasteiger partial charge < -0.3 is 5.11 Å². The Morgan fingerprint density at radius 3 is 2.39 bits per heavy atom. The third-order valence-corrected chi connectivity index (χ3v) is 5.57. The van der Waals surface area contributed by atoms with Gasteiger partial charge in [0.15, 0.2) is 5.69 Å². The molecule has 0 saturated heterocycles. The number of aromatic carboxylic acids is 1. The fourth-order valence-corrected chi connectivity index (χ4v) is 4.13. The Hall–Kier alpha value is -4.01. The predicted molar refractivity (Wildman–Crippen MR) is 124 cm³/mol. The third-order valence-electron chi connectivity index (χ3n) is 5.57. The summed E-state index contributed by atoms with van der Waals surface area (Å²) in [6, 6.07) is 15.7. The monoisotopic (exact) mass is 446 g/mol. The lowest BCUT2D eigenvalue weighted by Crippen LogP contribution is -2.26. The number of carbonyl (C=O) groups is 1. The highest BCUT2D eigenvalue weighted by Gasteiger charge is 2.24. The zero-order valence-electron chi connectivity index (χ0n) is 18.7. The number of hydrogen-bond donors (Lipinski definition) is 1. The second kappa shape index (κ2) is 9.64. The van der Waals surface area contributed by atoms with Gasteiger partial charge in [0.1, 0.15) is 6.33 Å². The molecule has 9 heteroatoms. The average molecular weight is 447 g/mol. The van der Waals surface area contributed by atoms with Crippen LogP contribution in [0, 0.1) is 0 Å². The van der Waals surface area contributed by atoms with Gasteiger partial charge in [0.25, 0.3) is 0 Å². The van der Waals surface area contributed by atoms with Gasteiger partial charge in [-0.2, -0.15) is 4.68 Å². The molecule has 0 unspecified atom stereocenters. The number of para-hydroxylation sites is 1.